The Morgan fingerprint density at radius 3 is 2.58 bits per heavy atom. The van der Waals surface area contributed by atoms with Crippen LogP contribution in [0.4, 0.5) is 13.2 Å². The Morgan fingerprint density at radius 1 is 1.42 bits per heavy atom. The lowest BCUT2D eigenvalue weighted by Gasteiger charge is -2.09. The van der Waals surface area contributed by atoms with Gasteiger partial charge in [0.25, 0.3) is 0 Å². The van der Waals surface area contributed by atoms with Gasteiger partial charge in [-0.15, -0.1) is 0 Å². The molecule has 0 bridgehead atoms. The zero-order valence-corrected chi connectivity index (χ0v) is 10.7. The maximum atomic E-state index is 12.1. The minimum absolute atomic E-state index is 0.0475. The van der Waals surface area contributed by atoms with Gasteiger partial charge in [0.15, 0.2) is 12.4 Å². The van der Waals surface area contributed by atoms with E-state index in [-0.39, 0.29) is 12.0 Å². The minimum Gasteiger partial charge on any atom is -0.454 e. The van der Waals surface area contributed by atoms with Gasteiger partial charge in [-0.1, -0.05) is 12.2 Å². The van der Waals surface area contributed by atoms with Crippen molar-refractivity contribution in [2.75, 3.05) is 6.61 Å². The molecular formula is C10H11F3O5S. The molecule has 0 aromatic heterocycles. The normalized spacial score (nSPS) is 17.2. The van der Waals surface area contributed by atoms with Gasteiger partial charge in [-0.25, -0.2) is 4.79 Å². The van der Waals surface area contributed by atoms with Crippen LogP contribution in [0.15, 0.2) is 23.5 Å². The molecule has 0 N–H and O–H groups in total. The van der Waals surface area contributed by atoms with E-state index in [1.807, 2.05) is 0 Å². The number of ether oxygens (including phenoxy) is 1. The third-order valence-corrected chi connectivity index (χ3v) is 3.20. The van der Waals surface area contributed by atoms with Crippen molar-refractivity contribution in [3.05, 3.63) is 23.5 Å². The monoisotopic (exact) mass is 300 g/mol. The van der Waals surface area contributed by atoms with Gasteiger partial charge in [-0.05, 0) is 19.8 Å². The quantitative estimate of drug-likeness (QED) is 0.336. The van der Waals surface area contributed by atoms with Crippen molar-refractivity contribution < 1.29 is 35.3 Å². The Balaban J connectivity index is 2.93. The van der Waals surface area contributed by atoms with Crippen LogP contribution in [-0.4, -0.2) is 26.5 Å². The molecule has 0 unspecified atom stereocenters. The molecule has 108 valence electrons. The zero-order chi connectivity index (χ0) is 14.7. The van der Waals surface area contributed by atoms with E-state index >= 15 is 0 Å². The van der Waals surface area contributed by atoms with Crippen LogP contribution in [0.5, 0.6) is 0 Å². The molecule has 5 nitrogen and oxygen atoms in total. The largest absolute Gasteiger partial charge is 0.534 e. The molecular weight excluding hydrogens is 289 g/mol. The Bertz CT molecular complexity index is 516. The summed E-state index contributed by atoms with van der Waals surface area (Å²) in [5.74, 6) is -1.47. The highest BCUT2D eigenvalue weighted by atomic mass is 32.2. The highest BCUT2D eigenvalue weighted by Crippen LogP contribution is 2.30. The minimum atomic E-state index is -5.78. The first-order valence-electron chi connectivity index (χ1n) is 5.20. The fourth-order valence-electron chi connectivity index (χ4n) is 1.31. The van der Waals surface area contributed by atoms with Crippen LogP contribution in [-0.2, 0) is 23.8 Å². The van der Waals surface area contributed by atoms with E-state index in [9.17, 15) is 26.4 Å². The van der Waals surface area contributed by atoms with E-state index in [2.05, 4.69) is 8.92 Å². The molecule has 1 rings (SSSR count). The van der Waals surface area contributed by atoms with E-state index in [4.69, 9.17) is 0 Å². The predicted molar refractivity (Wildman–Crippen MR) is 58.1 cm³/mol. The third kappa shape index (κ3) is 3.72. The molecule has 0 saturated heterocycles. The summed E-state index contributed by atoms with van der Waals surface area (Å²) in [6.07, 6.45) is 3.77. The summed E-state index contributed by atoms with van der Waals surface area (Å²) in [6, 6.07) is 0. The first kappa shape index (κ1) is 15.5. The van der Waals surface area contributed by atoms with E-state index < -0.39 is 34.0 Å². The number of alkyl halides is 3. The molecule has 1 heterocycles. The SMILES string of the molecule is C/C=C/CCC1=C(OS(=O)(=O)C(F)(F)F)COC1=O. The summed E-state index contributed by atoms with van der Waals surface area (Å²) in [5.41, 5.74) is -5.73. The Hall–Kier alpha value is -1.51. The topological polar surface area (TPSA) is 69.7 Å². The van der Waals surface area contributed by atoms with Gasteiger partial charge >= 0.3 is 21.6 Å². The number of cyclic esters (lactones) is 1. The van der Waals surface area contributed by atoms with Gasteiger partial charge in [-0.2, -0.15) is 21.6 Å². The van der Waals surface area contributed by atoms with E-state index in [0.717, 1.165) is 0 Å². The van der Waals surface area contributed by atoms with Crippen LogP contribution in [0.2, 0.25) is 0 Å². The van der Waals surface area contributed by atoms with Crippen molar-refractivity contribution in [1.82, 2.24) is 0 Å². The molecule has 9 heteroatoms. The van der Waals surface area contributed by atoms with Gasteiger partial charge in [0, 0.05) is 0 Å². The molecule has 0 aromatic rings. The lowest BCUT2D eigenvalue weighted by molar-refractivity contribution is -0.136. The fourth-order valence-corrected chi connectivity index (χ4v) is 1.82. The van der Waals surface area contributed by atoms with Crippen molar-refractivity contribution in [1.29, 1.82) is 0 Å². The number of rotatable bonds is 5. The summed E-state index contributed by atoms with van der Waals surface area (Å²) in [4.78, 5) is 11.3. The van der Waals surface area contributed by atoms with Gasteiger partial charge in [-0.3, -0.25) is 0 Å². The smallest absolute Gasteiger partial charge is 0.454 e. The zero-order valence-electron chi connectivity index (χ0n) is 9.86. The first-order chi connectivity index (χ1) is 8.69. The van der Waals surface area contributed by atoms with Crippen LogP contribution in [0.1, 0.15) is 19.8 Å². The van der Waals surface area contributed by atoms with Gasteiger partial charge in [0.2, 0.25) is 0 Å². The summed E-state index contributed by atoms with van der Waals surface area (Å²) < 4.78 is 66.5. The molecule has 0 spiro atoms. The summed E-state index contributed by atoms with van der Waals surface area (Å²) in [7, 11) is -5.78. The van der Waals surface area contributed by atoms with Gasteiger partial charge < -0.3 is 8.92 Å². The summed E-state index contributed by atoms with van der Waals surface area (Å²) in [5, 5.41) is 0. The van der Waals surface area contributed by atoms with E-state index in [1.165, 1.54) is 0 Å². The number of hydrogen-bond acceptors (Lipinski definition) is 5. The van der Waals surface area contributed by atoms with Crippen molar-refractivity contribution >= 4 is 16.1 Å². The van der Waals surface area contributed by atoms with Crippen LogP contribution in [0.25, 0.3) is 0 Å². The van der Waals surface area contributed by atoms with Gasteiger partial charge in [0.1, 0.15) is 0 Å². The molecule has 0 fully saturated rings. The predicted octanol–water partition coefficient (Wildman–Crippen LogP) is 2.02. The maximum absolute atomic E-state index is 12.1. The Labute approximate surface area is 107 Å². The molecule has 1 aliphatic heterocycles. The average molecular weight is 300 g/mol. The second kappa shape index (κ2) is 5.64. The molecule has 0 saturated carbocycles. The number of carbonyl (C=O) groups excluding carboxylic acids is 1. The number of hydrogen-bond donors (Lipinski definition) is 0. The maximum Gasteiger partial charge on any atom is 0.534 e. The van der Waals surface area contributed by atoms with Crippen LogP contribution >= 0.6 is 0 Å². The molecule has 0 aliphatic carbocycles. The van der Waals surface area contributed by atoms with Crippen molar-refractivity contribution in [3.8, 4) is 0 Å². The van der Waals surface area contributed by atoms with Crippen LogP contribution < -0.4 is 0 Å². The highest BCUT2D eigenvalue weighted by molar-refractivity contribution is 7.87. The second-order valence-corrected chi connectivity index (χ2v) is 5.11. The lowest BCUT2D eigenvalue weighted by atomic mass is 10.1. The average Bonchev–Trinajstić information content (AvgIpc) is 2.59. The van der Waals surface area contributed by atoms with Crippen molar-refractivity contribution in [3.63, 3.8) is 0 Å². The first-order valence-corrected chi connectivity index (χ1v) is 6.61. The van der Waals surface area contributed by atoms with Crippen molar-refractivity contribution in [2.45, 2.75) is 25.3 Å². The van der Waals surface area contributed by atoms with Crippen LogP contribution in [0, 0.1) is 0 Å². The van der Waals surface area contributed by atoms with Crippen LogP contribution in [0.3, 0.4) is 0 Å². The second-order valence-electron chi connectivity index (χ2n) is 3.57. The number of carbonyl (C=O) groups is 1. The molecule has 1 aliphatic rings. The lowest BCUT2D eigenvalue weighted by Crippen LogP contribution is -2.25. The molecule has 0 atom stereocenters. The third-order valence-electron chi connectivity index (χ3n) is 2.21. The molecule has 0 amide bonds. The van der Waals surface area contributed by atoms with E-state index in [0.29, 0.717) is 6.42 Å². The molecule has 19 heavy (non-hydrogen) atoms. The highest BCUT2D eigenvalue weighted by Gasteiger charge is 2.49. The van der Waals surface area contributed by atoms with E-state index in [1.54, 1.807) is 19.1 Å². The number of halogens is 3. The Kier molecular flexibility index (Phi) is 4.61. The van der Waals surface area contributed by atoms with Gasteiger partial charge in [0.05, 0.1) is 5.57 Å². The number of allylic oxidation sites excluding steroid dienone is 2. The number of esters is 1. The standard InChI is InChI=1S/C10H11F3O5S/c1-2-3-4-5-7-8(6-17-9(7)14)18-19(15,16)10(11,12)13/h2-3H,4-6H2,1H3/b3-2+. The fraction of sp³-hybridized carbons (Fsp3) is 0.500. The Morgan fingerprint density at radius 2 is 2.05 bits per heavy atom. The summed E-state index contributed by atoms with van der Waals surface area (Å²) >= 11 is 0. The van der Waals surface area contributed by atoms with Crippen molar-refractivity contribution in [2.24, 2.45) is 0 Å². The molecule has 0 radical (unpaired) electrons. The molecule has 0 aromatic carbocycles. The summed E-state index contributed by atoms with van der Waals surface area (Å²) in [6.45, 7) is 1.12.